The second kappa shape index (κ2) is 4.61. The number of aromatic nitrogens is 1. The van der Waals surface area contributed by atoms with Crippen molar-refractivity contribution in [2.24, 2.45) is 0 Å². The molecule has 0 atom stereocenters. The molecule has 16 heavy (non-hydrogen) atoms. The van der Waals surface area contributed by atoms with Gasteiger partial charge in [-0.05, 0) is 25.5 Å². The van der Waals surface area contributed by atoms with Crippen molar-refractivity contribution in [3.63, 3.8) is 0 Å². The van der Waals surface area contributed by atoms with Gasteiger partial charge >= 0.3 is 0 Å². The average molecular weight is 236 g/mol. The van der Waals surface area contributed by atoms with Gasteiger partial charge in [-0.15, -0.1) is 11.3 Å². The number of nitrogens with one attached hydrogen (secondary N) is 1. The Morgan fingerprint density at radius 3 is 2.81 bits per heavy atom. The monoisotopic (exact) mass is 236 g/mol. The normalized spacial score (nSPS) is 10.4. The molecule has 0 unspecified atom stereocenters. The third-order valence-electron chi connectivity index (χ3n) is 2.30. The van der Waals surface area contributed by atoms with Crippen LogP contribution in [0.5, 0.6) is 0 Å². The fourth-order valence-corrected chi connectivity index (χ4v) is 2.22. The molecule has 0 aliphatic rings. The highest BCUT2D eigenvalue weighted by molar-refractivity contribution is 7.09. The van der Waals surface area contributed by atoms with E-state index in [1.165, 1.54) is 6.07 Å². The first-order valence-corrected chi connectivity index (χ1v) is 5.95. The van der Waals surface area contributed by atoms with E-state index in [0.29, 0.717) is 12.2 Å². The topological polar surface area (TPSA) is 24.9 Å². The van der Waals surface area contributed by atoms with Crippen LogP contribution in [0, 0.1) is 19.7 Å². The summed E-state index contributed by atoms with van der Waals surface area (Å²) < 4.78 is 13.5. The van der Waals surface area contributed by atoms with Gasteiger partial charge in [0, 0.05) is 11.1 Å². The van der Waals surface area contributed by atoms with Crippen molar-refractivity contribution >= 4 is 17.0 Å². The van der Waals surface area contributed by atoms with Gasteiger partial charge in [0.1, 0.15) is 10.8 Å². The SMILES string of the molecule is Cc1csc(CNc2c(C)cccc2F)n1. The van der Waals surface area contributed by atoms with Crippen LogP contribution >= 0.6 is 11.3 Å². The van der Waals surface area contributed by atoms with Crippen molar-refractivity contribution in [2.45, 2.75) is 20.4 Å². The first kappa shape index (κ1) is 11.1. The van der Waals surface area contributed by atoms with Crippen molar-refractivity contribution in [1.82, 2.24) is 4.98 Å². The maximum absolute atomic E-state index is 13.5. The van der Waals surface area contributed by atoms with Crippen molar-refractivity contribution in [1.29, 1.82) is 0 Å². The van der Waals surface area contributed by atoms with E-state index >= 15 is 0 Å². The molecule has 0 fully saturated rings. The molecule has 1 aromatic carbocycles. The molecule has 4 heteroatoms. The summed E-state index contributed by atoms with van der Waals surface area (Å²) in [5.74, 6) is -0.215. The third kappa shape index (κ3) is 2.39. The summed E-state index contributed by atoms with van der Waals surface area (Å²) in [5.41, 5.74) is 2.48. The number of hydrogen-bond acceptors (Lipinski definition) is 3. The molecular formula is C12H13FN2S. The predicted octanol–water partition coefficient (Wildman–Crippen LogP) is 3.51. The van der Waals surface area contributed by atoms with Crippen LogP contribution in [0.3, 0.4) is 0 Å². The number of rotatable bonds is 3. The van der Waals surface area contributed by atoms with Crippen LogP contribution in [-0.2, 0) is 6.54 Å². The molecule has 84 valence electrons. The molecule has 0 saturated heterocycles. The van der Waals surface area contributed by atoms with Crippen LogP contribution in [0.2, 0.25) is 0 Å². The van der Waals surface area contributed by atoms with Crippen molar-refractivity contribution < 1.29 is 4.39 Å². The van der Waals surface area contributed by atoms with Crippen LogP contribution in [0.4, 0.5) is 10.1 Å². The lowest BCUT2D eigenvalue weighted by molar-refractivity contribution is 0.629. The lowest BCUT2D eigenvalue weighted by atomic mass is 10.2. The number of hydrogen-bond donors (Lipinski definition) is 1. The third-order valence-corrected chi connectivity index (χ3v) is 3.27. The zero-order chi connectivity index (χ0) is 11.5. The van der Waals surface area contributed by atoms with E-state index in [-0.39, 0.29) is 5.82 Å². The highest BCUT2D eigenvalue weighted by Gasteiger charge is 2.05. The minimum Gasteiger partial charge on any atom is -0.376 e. The van der Waals surface area contributed by atoms with Crippen LogP contribution in [0.1, 0.15) is 16.3 Å². The van der Waals surface area contributed by atoms with Gasteiger partial charge in [-0.2, -0.15) is 0 Å². The van der Waals surface area contributed by atoms with Crippen LogP contribution in [-0.4, -0.2) is 4.98 Å². The molecule has 2 aromatic rings. The number of benzene rings is 1. The smallest absolute Gasteiger partial charge is 0.146 e. The summed E-state index contributed by atoms with van der Waals surface area (Å²) >= 11 is 1.58. The Balaban J connectivity index is 2.10. The van der Waals surface area contributed by atoms with Gasteiger partial charge in [-0.3, -0.25) is 0 Å². The van der Waals surface area contributed by atoms with Crippen molar-refractivity contribution in [3.8, 4) is 0 Å². The fraction of sp³-hybridized carbons (Fsp3) is 0.250. The zero-order valence-corrected chi connectivity index (χ0v) is 10.1. The highest BCUT2D eigenvalue weighted by atomic mass is 32.1. The number of halogens is 1. The Morgan fingerprint density at radius 2 is 2.19 bits per heavy atom. The maximum Gasteiger partial charge on any atom is 0.146 e. The average Bonchev–Trinajstić information content (AvgIpc) is 2.63. The first-order valence-electron chi connectivity index (χ1n) is 5.07. The van der Waals surface area contributed by atoms with E-state index in [4.69, 9.17) is 0 Å². The summed E-state index contributed by atoms with van der Waals surface area (Å²) in [6.45, 7) is 4.41. The lowest BCUT2D eigenvalue weighted by Gasteiger charge is -2.08. The molecular weight excluding hydrogens is 223 g/mol. The van der Waals surface area contributed by atoms with Crippen LogP contribution in [0.15, 0.2) is 23.6 Å². The van der Waals surface area contributed by atoms with Gasteiger partial charge in [0.2, 0.25) is 0 Å². The molecule has 1 N–H and O–H groups in total. The Bertz CT molecular complexity index is 473. The molecule has 0 aliphatic heterocycles. The van der Waals surface area contributed by atoms with Gasteiger partial charge in [0.25, 0.3) is 0 Å². The van der Waals surface area contributed by atoms with Crippen LogP contribution < -0.4 is 5.32 Å². The minimum absolute atomic E-state index is 0.215. The van der Waals surface area contributed by atoms with Crippen molar-refractivity contribution in [3.05, 3.63) is 45.7 Å². The summed E-state index contributed by atoms with van der Waals surface area (Å²) in [7, 11) is 0. The Kier molecular flexibility index (Phi) is 3.19. The minimum atomic E-state index is -0.215. The van der Waals surface area contributed by atoms with Crippen molar-refractivity contribution in [2.75, 3.05) is 5.32 Å². The number of para-hydroxylation sites is 1. The van der Waals surface area contributed by atoms with E-state index in [1.54, 1.807) is 17.4 Å². The maximum atomic E-state index is 13.5. The summed E-state index contributed by atoms with van der Waals surface area (Å²) in [5, 5.41) is 6.05. The van der Waals surface area contributed by atoms with Gasteiger partial charge in [-0.25, -0.2) is 9.37 Å². The van der Waals surface area contributed by atoms with Gasteiger partial charge in [-0.1, -0.05) is 12.1 Å². The Morgan fingerprint density at radius 1 is 1.38 bits per heavy atom. The molecule has 0 amide bonds. The molecule has 1 aromatic heterocycles. The van der Waals surface area contributed by atoms with Gasteiger partial charge in [0.05, 0.1) is 12.2 Å². The quantitative estimate of drug-likeness (QED) is 0.882. The van der Waals surface area contributed by atoms with E-state index in [1.807, 2.05) is 25.3 Å². The van der Waals surface area contributed by atoms with E-state index in [9.17, 15) is 4.39 Å². The molecule has 0 saturated carbocycles. The lowest BCUT2D eigenvalue weighted by Crippen LogP contribution is -2.02. The molecule has 0 bridgehead atoms. The molecule has 0 spiro atoms. The van der Waals surface area contributed by atoms with Gasteiger partial charge in [0.15, 0.2) is 0 Å². The van der Waals surface area contributed by atoms with Gasteiger partial charge < -0.3 is 5.32 Å². The number of aryl methyl sites for hydroxylation is 2. The fourth-order valence-electron chi connectivity index (χ4n) is 1.50. The molecule has 0 radical (unpaired) electrons. The number of nitrogens with zero attached hydrogens (tertiary/aromatic N) is 1. The Hall–Kier alpha value is -1.42. The molecule has 1 heterocycles. The zero-order valence-electron chi connectivity index (χ0n) is 9.25. The van der Waals surface area contributed by atoms with E-state index < -0.39 is 0 Å². The Labute approximate surface area is 98.2 Å². The summed E-state index contributed by atoms with van der Waals surface area (Å²) in [6, 6.07) is 5.06. The highest BCUT2D eigenvalue weighted by Crippen LogP contribution is 2.20. The molecule has 0 aliphatic carbocycles. The van der Waals surface area contributed by atoms with E-state index in [2.05, 4.69) is 10.3 Å². The standard InChI is InChI=1S/C12H13FN2S/c1-8-4-3-5-10(13)12(8)14-6-11-15-9(2)7-16-11/h3-5,7,14H,6H2,1-2H3. The number of thiazole rings is 1. The molecule has 2 nitrogen and oxygen atoms in total. The predicted molar refractivity (Wildman–Crippen MR) is 65.3 cm³/mol. The van der Waals surface area contributed by atoms with Crippen LogP contribution in [0.25, 0.3) is 0 Å². The van der Waals surface area contributed by atoms with E-state index in [0.717, 1.165) is 16.3 Å². The first-order chi connectivity index (χ1) is 7.66. The second-order valence-corrected chi connectivity index (χ2v) is 4.61. The summed E-state index contributed by atoms with van der Waals surface area (Å²) in [4.78, 5) is 4.32. The summed E-state index contributed by atoms with van der Waals surface area (Å²) in [6.07, 6.45) is 0. The molecule has 2 rings (SSSR count). The second-order valence-electron chi connectivity index (χ2n) is 3.67. The number of anilines is 1. The largest absolute Gasteiger partial charge is 0.376 e.